The molecule has 1 aromatic carbocycles. The second-order valence-electron chi connectivity index (χ2n) is 7.97. The minimum atomic E-state index is -4.34. The Labute approximate surface area is 200 Å². The van der Waals surface area contributed by atoms with Gasteiger partial charge in [0.2, 0.25) is 0 Å². The Morgan fingerprint density at radius 3 is 2.12 bits per heavy atom. The second kappa shape index (κ2) is 10.3. The Balaban J connectivity index is 1.70. The molecule has 9 heteroatoms. The maximum atomic E-state index is 12.5. The van der Waals surface area contributed by atoms with Gasteiger partial charge in [0.25, 0.3) is 0 Å². The summed E-state index contributed by atoms with van der Waals surface area (Å²) in [5, 5.41) is 1.13. The van der Waals surface area contributed by atoms with Crippen LogP contribution in [0.5, 0.6) is 0 Å². The molecule has 0 amide bonds. The Morgan fingerprint density at radius 1 is 0.906 bits per heavy atom. The molecule has 2 aliphatic carbocycles. The van der Waals surface area contributed by atoms with Crippen LogP contribution in [0.2, 0.25) is 10.2 Å². The predicted octanol–water partition coefficient (Wildman–Crippen LogP) is 5.38. The normalized spacial score (nSPS) is 12.9. The van der Waals surface area contributed by atoms with Crippen LogP contribution in [0.15, 0.2) is 64.4 Å². The Hall–Kier alpha value is -1.37. The van der Waals surface area contributed by atoms with Gasteiger partial charge in [-0.1, -0.05) is 0 Å². The number of hydrogen-bond acceptors (Lipinski definition) is 4. The molecule has 2 aliphatic rings. The van der Waals surface area contributed by atoms with E-state index < -0.39 is 32.8 Å². The number of fused-ring (bicyclic) bond motifs is 1. The van der Waals surface area contributed by atoms with Crippen LogP contribution in [0.1, 0.15) is 43.7 Å². The number of unbranched alkanes of at least 4 members (excludes halogenated alkanes) is 1. The molecule has 3 rings (SSSR count). The van der Waals surface area contributed by atoms with Crippen LogP contribution in [0.4, 0.5) is 0 Å². The zero-order valence-corrected chi connectivity index (χ0v) is 22.4. The molecule has 32 heavy (non-hydrogen) atoms. The Morgan fingerprint density at radius 2 is 1.53 bits per heavy atom. The molecular weight excluding hydrogens is 531 g/mol. The van der Waals surface area contributed by atoms with Crippen molar-refractivity contribution in [1.29, 1.82) is 0 Å². The van der Waals surface area contributed by atoms with E-state index in [0.717, 1.165) is 29.5 Å². The van der Waals surface area contributed by atoms with Crippen molar-refractivity contribution in [3.05, 3.63) is 70.7 Å². The molecular formula is C23H26AsClO5S2. The molecule has 0 saturated heterocycles. The van der Waals surface area contributed by atoms with E-state index >= 15 is 0 Å². The Kier molecular flexibility index (Phi) is 8.10. The molecule has 0 aromatic heterocycles. The van der Waals surface area contributed by atoms with E-state index in [1.165, 1.54) is 6.07 Å². The van der Waals surface area contributed by atoms with Crippen LogP contribution < -0.4 is 0 Å². The number of rotatable bonds is 9. The van der Waals surface area contributed by atoms with Crippen molar-refractivity contribution in [2.24, 2.45) is 0 Å². The summed E-state index contributed by atoms with van der Waals surface area (Å²) in [7, 11) is -7.58. The number of hydrogen-bond donors (Lipinski definition) is 1. The first kappa shape index (κ1) is 25.3. The number of benzene rings is 1. The van der Waals surface area contributed by atoms with E-state index in [1.807, 2.05) is 18.2 Å². The van der Waals surface area contributed by atoms with Gasteiger partial charge in [-0.15, -0.1) is 0 Å². The molecule has 0 bridgehead atoms. The zero-order chi connectivity index (χ0) is 23.5. The summed E-state index contributed by atoms with van der Waals surface area (Å²) in [5.74, 6) is 0.288. The van der Waals surface area contributed by atoms with Gasteiger partial charge in [0.1, 0.15) is 0 Å². The third kappa shape index (κ3) is 6.15. The quantitative estimate of drug-likeness (QED) is 0.217. The number of halogens is 1. The first-order valence-corrected chi connectivity index (χ1v) is 17.6. The van der Waals surface area contributed by atoms with Crippen molar-refractivity contribution >= 4 is 44.4 Å². The van der Waals surface area contributed by atoms with Crippen LogP contribution >= 0.6 is 11.6 Å². The van der Waals surface area contributed by atoms with Crippen molar-refractivity contribution in [2.45, 2.75) is 54.0 Å². The van der Waals surface area contributed by atoms with Crippen molar-refractivity contribution in [2.75, 3.05) is 0 Å². The SMILES string of the molecule is CC(C)c1ccc2c(CCCC[AsH]S(=O)(=O)c3ccc(Cl)cc3)cc(S(=O)(=O)O)c-2cc1. The molecule has 0 aliphatic heterocycles. The molecule has 0 heterocycles. The summed E-state index contributed by atoms with van der Waals surface area (Å²) in [6, 6.07) is 15.3. The van der Waals surface area contributed by atoms with E-state index in [0.29, 0.717) is 27.1 Å². The van der Waals surface area contributed by atoms with E-state index in [9.17, 15) is 21.4 Å². The summed E-state index contributed by atoms with van der Waals surface area (Å²) in [5.41, 5.74) is 3.23. The van der Waals surface area contributed by atoms with E-state index in [-0.39, 0.29) is 10.8 Å². The van der Waals surface area contributed by atoms with E-state index in [1.54, 1.807) is 30.3 Å². The zero-order valence-electron chi connectivity index (χ0n) is 17.9. The third-order valence-electron chi connectivity index (χ3n) is 5.33. The second-order valence-corrected chi connectivity index (χ2v) is 17.8. The number of aryl methyl sites for hydroxylation is 1. The topological polar surface area (TPSA) is 88.5 Å². The molecule has 0 fully saturated rings. The van der Waals surface area contributed by atoms with E-state index in [2.05, 4.69) is 13.8 Å². The van der Waals surface area contributed by atoms with E-state index in [4.69, 9.17) is 11.6 Å². The molecule has 5 nitrogen and oxygen atoms in total. The fraction of sp³-hybridized carbons (Fsp3) is 0.304. The predicted molar refractivity (Wildman–Crippen MR) is 130 cm³/mol. The fourth-order valence-corrected chi connectivity index (χ4v) is 10.5. The van der Waals surface area contributed by atoms with Gasteiger partial charge in [-0.3, -0.25) is 0 Å². The van der Waals surface area contributed by atoms with Crippen molar-refractivity contribution < 1.29 is 21.4 Å². The maximum absolute atomic E-state index is 12.5. The molecule has 1 N–H and O–H groups in total. The van der Waals surface area contributed by atoms with Gasteiger partial charge in [-0.25, -0.2) is 0 Å². The van der Waals surface area contributed by atoms with Crippen LogP contribution in [-0.2, 0) is 24.6 Å². The van der Waals surface area contributed by atoms with Crippen LogP contribution in [0.25, 0.3) is 11.1 Å². The van der Waals surface area contributed by atoms with Gasteiger partial charge in [-0.05, 0) is 0 Å². The van der Waals surface area contributed by atoms with Gasteiger partial charge < -0.3 is 0 Å². The molecule has 0 saturated carbocycles. The van der Waals surface area contributed by atoms with Crippen LogP contribution in [-0.4, -0.2) is 36.0 Å². The molecule has 1 aromatic rings. The summed E-state index contributed by atoms with van der Waals surface area (Å²) in [4.78, 5) is 0.238. The molecule has 1 atom stereocenters. The molecule has 1 unspecified atom stereocenters. The van der Waals surface area contributed by atoms with Gasteiger partial charge in [0, 0.05) is 0 Å². The molecule has 0 spiro atoms. The standard InChI is InChI=1S/C23H26AsClO5S2/c1-16(2)17-6-12-21-18(15-23(32(28,29)30)22(21)13-7-17)5-3-4-14-24-31(26,27)20-10-8-19(25)9-11-20/h6-13,15-16,24H,3-5,14H2,1-2H3,(H,28,29,30). The summed E-state index contributed by atoms with van der Waals surface area (Å²) < 4.78 is 58.5. The first-order chi connectivity index (χ1) is 15.0. The van der Waals surface area contributed by atoms with Crippen LogP contribution in [0.3, 0.4) is 0 Å². The third-order valence-corrected chi connectivity index (χ3v) is 13.8. The summed E-state index contributed by atoms with van der Waals surface area (Å²) in [6.45, 7) is 4.12. The van der Waals surface area contributed by atoms with Crippen LogP contribution in [0, 0.1) is 0 Å². The fourth-order valence-electron chi connectivity index (χ4n) is 3.55. The molecule has 0 radical (unpaired) electrons. The molecule has 172 valence electrons. The average molecular weight is 557 g/mol. The summed E-state index contributed by atoms with van der Waals surface area (Å²) >= 11 is 4.61. The average Bonchev–Trinajstić information content (AvgIpc) is 2.91. The first-order valence-electron chi connectivity index (χ1n) is 10.3. The van der Waals surface area contributed by atoms with Gasteiger partial charge in [0.05, 0.1) is 0 Å². The Bertz CT molecular complexity index is 1270. The summed E-state index contributed by atoms with van der Waals surface area (Å²) in [6.07, 6.45) is 2.08. The minimum absolute atomic E-state index is 0.0767. The monoisotopic (exact) mass is 556 g/mol. The van der Waals surface area contributed by atoms with Crippen molar-refractivity contribution in [3.63, 3.8) is 0 Å². The van der Waals surface area contributed by atoms with Gasteiger partial charge in [-0.2, -0.15) is 0 Å². The van der Waals surface area contributed by atoms with Crippen molar-refractivity contribution in [3.8, 4) is 11.1 Å². The van der Waals surface area contributed by atoms with Gasteiger partial charge >= 0.3 is 202 Å². The van der Waals surface area contributed by atoms with Gasteiger partial charge in [0.15, 0.2) is 0 Å². The van der Waals surface area contributed by atoms with Crippen molar-refractivity contribution in [1.82, 2.24) is 0 Å².